The third-order valence-electron chi connectivity index (χ3n) is 5.00. The summed E-state index contributed by atoms with van der Waals surface area (Å²) in [5, 5.41) is 0. The zero-order chi connectivity index (χ0) is 17.4. The molecule has 3 rings (SSSR count). The molecule has 2 atom stereocenters. The predicted octanol–water partition coefficient (Wildman–Crippen LogP) is 0.802. The van der Waals surface area contributed by atoms with Crippen molar-refractivity contribution >= 4 is 11.2 Å². The van der Waals surface area contributed by atoms with E-state index in [4.69, 9.17) is 0 Å². The van der Waals surface area contributed by atoms with Gasteiger partial charge in [-0.3, -0.25) is 13.9 Å². The van der Waals surface area contributed by atoms with Gasteiger partial charge >= 0.3 is 5.69 Å². The number of likely N-dealkylation sites (tertiary alicyclic amines) is 1. The second-order valence-corrected chi connectivity index (χ2v) is 7.39. The van der Waals surface area contributed by atoms with Crippen molar-refractivity contribution < 1.29 is 0 Å². The first-order chi connectivity index (χ1) is 11.4. The van der Waals surface area contributed by atoms with E-state index in [1.807, 2.05) is 0 Å². The van der Waals surface area contributed by atoms with Gasteiger partial charge in [-0.15, -0.1) is 0 Å². The summed E-state index contributed by atoms with van der Waals surface area (Å²) in [7, 11) is 3.45. The molecule has 0 aromatic carbocycles. The zero-order valence-corrected chi connectivity index (χ0v) is 15.0. The second-order valence-electron chi connectivity index (χ2n) is 7.39. The molecule has 3 heterocycles. The molecule has 0 saturated carbocycles. The fourth-order valence-corrected chi connectivity index (χ4v) is 4.02. The molecule has 7 heteroatoms. The van der Waals surface area contributed by atoms with Crippen molar-refractivity contribution in [2.24, 2.45) is 25.9 Å². The van der Waals surface area contributed by atoms with Crippen LogP contribution in [-0.4, -0.2) is 43.2 Å². The van der Waals surface area contributed by atoms with Crippen LogP contribution in [0.2, 0.25) is 0 Å². The highest BCUT2D eigenvalue weighted by Gasteiger charge is 2.21. The Kier molecular flexibility index (Phi) is 4.62. The summed E-state index contributed by atoms with van der Waals surface area (Å²) in [5.74, 6) is 1.44. The van der Waals surface area contributed by atoms with Gasteiger partial charge in [-0.25, -0.2) is 9.78 Å². The molecule has 0 N–H and O–H groups in total. The summed E-state index contributed by atoms with van der Waals surface area (Å²) in [6, 6.07) is 0. The Morgan fingerprint density at radius 2 is 1.79 bits per heavy atom. The normalized spacial score (nSPS) is 22.3. The van der Waals surface area contributed by atoms with E-state index >= 15 is 0 Å². The number of nitrogens with zero attached hydrogens (tertiary/aromatic N) is 5. The number of fused-ring (bicyclic) bond motifs is 1. The lowest BCUT2D eigenvalue weighted by molar-refractivity contribution is 0.138. The summed E-state index contributed by atoms with van der Waals surface area (Å²) in [6.45, 7) is 8.17. The molecular weight excluding hydrogens is 306 g/mol. The van der Waals surface area contributed by atoms with Crippen LogP contribution in [-0.2, 0) is 20.6 Å². The van der Waals surface area contributed by atoms with Crippen LogP contribution >= 0.6 is 0 Å². The molecule has 1 aliphatic rings. The van der Waals surface area contributed by atoms with E-state index in [1.165, 1.54) is 15.6 Å². The standard InChI is InChI=1S/C17H27N5O2/c1-12-8-13(2)10-21(9-12)6-5-7-22-16(23)14-15(18-11-19(14)3)20(4)17(22)24/h11-13H,5-10H2,1-4H3/t12-,13-/m0/s1. The van der Waals surface area contributed by atoms with E-state index < -0.39 is 0 Å². The molecule has 0 bridgehead atoms. The number of hydrogen-bond donors (Lipinski definition) is 0. The minimum absolute atomic E-state index is 0.242. The van der Waals surface area contributed by atoms with Crippen LogP contribution in [0.4, 0.5) is 0 Å². The van der Waals surface area contributed by atoms with Gasteiger partial charge in [0.2, 0.25) is 0 Å². The highest BCUT2D eigenvalue weighted by molar-refractivity contribution is 5.69. The van der Waals surface area contributed by atoms with Gasteiger partial charge in [0.05, 0.1) is 6.33 Å². The molecule has 132 valence electrons. The molecule has 2 aromatic rings. The van der Waals surface area contributed by atoms with Crippen molar-refractivity contribution in [2.45, 2.75) is 33.2 Å². The fourth-order valence-electron chi connectivity index (χ4n) is 4.02. The lowest BCUT2D eigenvalue weighted by Gasteiger charge is -2.34. The van der Waals surface area contributed by atoms with E-state index in [-0.39, 0.29) is 11.2 Å². The lowest BCUT2D eigenvalue weighted by Crippen LogP contribution is -2.42. The average molecular weight is 333 g/mol. The number of rotatable bonds is 4. The number of aryl methyl sites for hydroxylation is 2. The monoisotopic (exact) mass is 333 g/mol. The predicted molar refractivity (Wildman–Crippen MR) is 94.2 cm³/mol. The molecule has 7 nitrogen and oxygen atoms in total. The molecule has 1 fully saturated rings. The van der Waals surface area contributed by atoms with E-state index in [0.717, 1.165) is 37.9 Å². The SMILES string of the molecule is C[C@H]1C[C@H](C)CN(CCCn2c(=O)c3c(ncn3C)n(C)c2=O)C1. The maximum Gasteiger partial charge on any atom is 0.332 e. The van der Waals surface area contributed by atoms with Crippen LogP contribution in [0.5, 0.6) is 0 Å². The van der Waals surface area contributed by atoms with Crippen molar-refractivity contribution in [1.82, 2.24) is 23.6 Å². The minimum Gasteiger partial charge on any atom is -0.328 e. The minimum atomic E-state index is -0.286. The Morgan fingerprint density at radius 3 is 2.46 bits per heavy atom. The Morgan fingerprint density at radius 1 is 1.12 bits per heavy atom. The van der Waals surface area contributed by atoms with Gasteiger partial charge < -0.3 is 9.47 Å². The van der Waals surface area contributed by atoms with E-state index in [0.29, 0.717) is 17.7 Å². The maximum atomic E-state index is 12.6. The topological polar surface area (TPSA) is 65.1 Å². The Bertz CT molecular complexity index is 837. The van der Waals surface area contributed by atoms with Crippen molar-refractivity contribution in [3.8, 4) is 0 Å². The molecule has 0 radical (unpaired) electrons. The van der Waals surface area contributed by atoms with Crippen LogP contribution in [0.15, 0.2) is 15.9 Å². The smallest absolute Gasteiger partial charge is 0.328 e. The van der Waals surface area contributed by atoms with E-state index in [1.54, 1.807) is 25.0 Å². The first-order valence-corrected chi connectivity index (χ1v) is 8.71. The highest BCUT2D eigenvalue weighted by Crippen LogP contribution is 2.20. The Hall–Kier alpha value is -1.89. The van der Waals surface area contributed by atoms with Crippen molar-refractivity contribution in [2.75, 3.05) is 19.6 Å². The van der Waals surface area contributed by atoms with Crippen LogP contribution in [0.25, 0.3) is 11.2 Å². The van der Waals surface area contributed by atoms with Gasteiger partial charge in [0.1, 0.15) is 0 Å². The Labute approximate surface area is 141 Å². The molecule has 0 aliphatic carbocycles. The molecule has 24 heavy (non-hydrogen) atoms. The zero-order valence-electron chi connectivity index (χ0n) is 15.0. The quantitative estimate of drug-likeness (QED) is 0.830. The average Bonchev–Trinajstić information content (AvgIpc) is 2.89. The summed E-state index contributed by atoms with van der Waals surface area (Å²) in [5.41, 5.74) is 0.403. The molecule has 0 spiro atoms. The largest absolute Gasteiger partial charge is 0.332 e. The molecule has 0 amide bonds. The molecule has 1 saturated heterocycles. The van der Waals surface area contributed by atoms with Crippen LogP contribution in [0.3, 0.4) is 0 Å². The van der Waals surface area contributed by atoms with Gasteiger partial charge in [-0.1, -0.05) is 13.8 Å². The van der Waals surface area contributed by atoms with Gasteiger partial charge in [0.15, 0.2) is 11.2 Å². The summed E-state index contributed by atoms with van der Waals surface area (Å²) < 4.78 is 4.49. The van der Waals surface area contributed by atoms with Crippen LogP contribution in [0.1, 0.15) is 26.7 Å². The van der Waals surface area contributed by atoms with Gasteiger partial charge in [0, 0.05) is 33.7 Å². The van der Waals surface area contributed by atoms with Gasteiger partial charge in [-0.2, -0.15) is 0 Å². The number of hydrogen-bond acceptors (Lipinski definition) is 4. The lowest BCUT2D eigenvalue weighted by atomic mass is 9.92. The third kappa shape index (κ3) is 3.05. The molecule has 0 unspecified atom stereocenters. The first-order valence-electron chi connectivity index (χ1n) is 8.71. The summed E-state index contributed by atoms with van der Waals surface area (Å²) in [4.78, 5) is 31.7. The second kappa shape index (κ2) is 6.55. The summed E-state index contributed by atoms with van der Waals surface area (Å²) >= 11 is 0. The molecule has 2 aromatic heterocycles. The van der Waals surface area contributed by atoms with Gasteiger partial charge in [0.25, 0.3) is 5.56 Å². The number of imidazole rings is 1. The van der Waals surface area contributed by atoms with E-state index in [9.17, 15) is 9.59 Å². The van der Waals surface area contributed by atoms with Crippen LogP contribution < -0.4 is 11.2 Å². The van der Waals surface area contributed by atoms with Gasteiger partial charge in [-0.05, 0) is 31.2 Å². The fraction of sp³-hybridized carbons (Fsp3) is 0.706. The third-order valence-corrected chi connectivity index (χ3v) is 5.00. The Balaban J connectivity index is 1.77. The van der Waals surface area contributed by atoms with Crippen molar-refractivity contribution in [3.05, 3.63) is 27.2 Å². The number of piperidine rings is 1. The van der Waals surface area contributed by atoms with Crippen LogP contribution in [0, 0.1) is 11.8 Å². The first kappa shape index (κ1) is 17.0. The number of aromatic nitrogens is 4. The summed E-state index contributed by atoms with van der Waals surface area (Å²) in [6.07, 6.45) is 3.66. The van der Waals surface area contributed by atoms with Crippen molar-refractivity contribution in [3.63, 3.8) is 0 Å². The molecule has 1 aliphatic heterocycles. The molecular formula is C17H27N5O2. The highest BCUT2D eigenvalue weighted by atomic mass is 16.2. The van der Waals surface area contributed by atoms with E-state index in [2.05, 4.69) is 23.7 Å². The maximum absolute atomic E-state index is 12.6. The van der Waals surface area contributed by atoms with Crippen molar-refractivity contribution in [1.29, 1.82) is 0 Å².